The second-order valence-electron chi connectivity index (χ2n) is 3.00. The van der Waals surface area contributed by atoms with Crippen LogP contribution < -0.4 is 5.32 Å². The Bertz CT molecular complexity index is 388. The zero-order chi connectivity index (χ0) is 11.3. The fourth-order valence-corrected chi connectivity index (χ4v) is 1.13. The van der Waals surface area contributed by atoms with E-state index in [4.69, 9.17) is 5.11 Å². The van der Waals surface area contributed by atoms with Crippen molar-refractivity contribution in [2.24, 2.45) is 0 Å². The highest BCUT2D eigenvalue weighted by molar-refractivity contribution is 5.81. The molecule has 0 aliphatic carbocycles. The average Bonchev–Trinajstić information content (AvgIpc) is 2.16. The largest absolute Gasteiger partial charge is 0.478 e. The fourth-order valence-electron chi connectivity index (χ4n) is 1.13. The number of allylic oxidation sites excluding steroid dienone is 1. The summed E-state index contributed by atoms with van der Waals surface area (Å²) in [4.78, 5) is 10.4. The van der Waals surface area contributed by atoms with Crippen molar-refractivity contribution in [3.05, 3.63) is 41.9 Å². The third-order valence-corrected chi connectivity index (χ3v) is 1.81. The number of benzene rings is 1. The summed E-state index contributed by atoms with van der Waals surface area (Å²) < 4.78 is 12.8. The third-order valence-electron chi connectivity index (χ3n) is 1.81. The van der Waals surface area contributed by atoms with Crippen LogP contribution in [0.4, 0.5) is 10.1 Å². The molecule has 0 bridgehead atoms. The third kappa shape index (κ3) is 3.81. The zero-order valence-corrected chi connectivity index (χ0v) is 8.33. The van der Waals surface area contributed by atoms with E-state index in [0.717, 1.165) is 6.08 Å². The molecule has 0 aromatic heterocycles. The topological polar surface area (TPSA) is 49.3 Å². The quantitative estimate of drug-likeness (QED) is 0.749. The lowest BCUT2D eigenvalue weighted by molar-refractivity contribution is -0.131. The Morgan fingerprint density at radius 3 is 2.87 bits per heavy atom. The summed E-state index contributed by atoms with van der Waals surface area (Å²) in [6.07, 6.45) is 1.62. The smallest absolute Gasteiger partial charge is 0.330 e. The van der Waals surface area contributed by atoms with E-state index in [2.05, 4.69) is 5.32 Å². The molecule has 0 saturated carbocycles. The number of rotatable bonds is 4. The summed E-state index contributed by atoms with van der Waals surface area (Å²) in [7, 11) is 0. The Labute approximate surface area is 87.2 Å². The molecule has 0 unspecified atom stereocenters. The van der Waals surface area contributed by atoms with Crippen LogP contribution in [0.3, 0.4) is 0 Å². The van der Waals surface area contributed by atoms with Gasteiger partial charge in [0.2, 0.25) is 0 Å². The summed E-state index contributed by atoms with van der Waals surface area (Å²) in [6.45, 7) is 1.82. The molecule has 0 radical (unpaired) electrons. The maximum atomic E-state index is 12.8. The summed E-state index contributed by atoms with van der Waals surface area (Å²) in [5.74, 6) is -1.37. The van der Waals surface area contributed by atoms with Gasteiger partial charge in [-0.1, -0.05) is 13.0 Å². The lowest BCUT2D eigenvalue weighted by Crippen LogP contribution is -2.02. The van der Waals surface area contributed by atoms with Gasteiger partial charge < -0.3 is 10.4 Å². The van der Waals surface area contributed by atoms with Crippen molar-refractivity contribution in [1.82, 2.24) is 0 Å². The maximum Gasteiger partial charge on any atom is 0.330 e. The number of hydrogen-bond acceptors (Lipinski definition) is 2. The molecule has 80 valence electrons. The van der Waals surface area contributed by atoms with Crippen LogP contribution in [-0.2, 0) is 4.79 Å². The van der Waals surface area contributed by atoms with Gasteiger partial charge in [-0.25, -0.2) is 9.18 Å². The second-order valence-corrected chi connectivity index (χ2v) is 3.00. The molecule has 0 spiro atoms. The Morgan fingerprint density at radius 2 is 2.33 bits per heavy atom. The first kappa shape index (κ1) is 11.2. The molecule has 3 nitrogen and oxygen atoms in total. The molecule has 1 aromatic rings. The van der Waals surface area contributed by atoms with E-state index in [0.29, 0.717) is 17.8 Å². The first-order chi connectivity index (χ1) is 7.11. The number of aliphatic carboxylic acids is 1. The molecule has 15 heavy (non-hydrogen) atoms. The van der Waals surface area contributed by atoms with E-state index < -0.39 is 5.97 Å². The van der Waals surface area contributed by atoms with Crippen LogP contribution in [0.25, 0.3) is 0 Å². The van der Waals surface area contributed by atoms with Crippen molar-refractivity contribution < 1.29 is 14.3 Å². The van der Waals surface area contributed by atoms with Gasteiger partial charge in [0.15, 0.2) is 0 Å². The molecular weight excluding hydrogens is 197 g/mol. The Morgan fingerprint density at radius 1 is 1.60 bits per heavy atom. The van der Waals surface area contributed by atoms with E-state index in [-0.39, 0.29) is 5.82 Å². The van der Waals surface area contributed by atoms with Gasteiger partial charge in [-0.15, -0.1) is 0 Å². The summed E-state index contributed by atoms with van der Waals surface area (Å²) in [6, 6.07) is 5.88. The van der Waals surface area contributed by atoms with Gasteiger partial charge in [-0.2, -0.15) is 0 Å². The van der Waals surface area contributed by atoms with Crippen LogP contribution >= 0.6 is 0 Å². The number of anilines is 1. The van der Waals surface area contributed by atoms with Gasteiger partial charge in [0.25, 0.3) is 0 Å². The molecule has 0 heterocycles. The fraction of sp³-hybridized carbons (Fsp3) is 0.182. The summed E-state index contributed by atoms with van der Waals surface area (Å²) in [5, 5.41) is 11.4. The minimum absolute atomic E-state index is 0.356. The Balaban J connectivity index is 2.80. The van der Waals surface area contributed by atoms with Gasteiger partial charge in [0.05, 0.1) is 0 Å². The van der Waals surface area contributed by atoms with Crippen LogP contribution in [0.5, 0.6) is 0 Å². The van der Waals surface area contributed by atoms with Crippen molar-refractivity contribution in [2.75, 3.05) is 5.32 Å². The lowest BCUT2D eigenvalue weighted by Gasteiger charge is -2.07. The molecule has 1 rings (SSSR count). The highest BCUT2D eigenvalue weighted by Crippen LogP contribution is 2.13. The van der Waals surface area contributed by atoms with Crippen LogP contribution in [-0.4, -0.2) is 11.1 Å². The van der Waals surface area contributed by atoms with E-state index in [1.54, 1.807) is 12.1 Å². The summed E-state index contributed by atoms with van der Waals surface area (Å²) in [5.41, 5.74) is 1.08. The molecular formula is C11H12FNO2. The SMILES string of the molecule is CC/C(=C/C(=O)O)Nc1cccc(F)c1. The van der Waals surface area contributed by atoms with Crippen molar-refractivity contribution >= 4 is 11.7 Å². The van der Waals surface area contributed by atoms with E-state index in [9.17, 15) is 9.18 Å². The maximum absolute atomic E-state index is 12.8. The first-order valence-corrected chi connectivity index (χ1v) is 4.58. The van der Waals surface area contributed by atoms with Gasteiger partial charge in [0, 0.05) is 17.5 Å². The van der Waals surface area contributed by atoms with Gasteiger partial charge >= 0.3 is 5.97 Å². The number of hydrogen-bond donors (Lipinski definition) is 2. The van der Waals surface area contributed by atoms with E-state index >= 15 is 0 Å². The van der Waals surface area contributed by atoms with Gasteiger partial charge in [-0.3, -0.25) is 0 Å². The Hall–Kier alpha value is -1.84. The van der Waals surface area contributed by atoms with Crippen LogP contribution in [0.1, 0.15) is 13.3 Å². The molecule has 0 saturated heterocycles. The predicted octanol–water partition coefficient (Wildman–Crippen LogP) is 2.62. The van der Waals surface area contributed by atoms with Crippen molar-refractivity contribution in [2.45, 2.75) is 13.3 Å². The minimum atomic E-state index is -1.02. The van der Waals surface area contributed by atoms with Gasteiger partial charge in [0.1, 0.15) is 5.82 Å². The summed E-state index contributed by atoms with van der Waals surface area (Å²) >= 11 is 0. The van der Waals surface area contributed by atoms with Crippen LogP contribution in [0.15, 0.2) is 36.0 Å². The first-order valence-electron chi connectivity index (χ1n) is 4.58. The molecule has 1 aromatic carbocycles. The molecule has 4 heteroatoms. The second kappa shape index (κ2) is 5.14. The standard InChI is InChI=1S/C11H12FNO2/c1-2-9(7-11(14)15)13-10-5-3-4-8(12)6-10/h3-7,13H,2H2,1H3,(H,14,15)/b9-7-. The predicted molar refractivity (Wildman–Crippen MR) is 56.0 cm³/mol. The van der Waals surface area contributed by atoms with E-state index in [1.807, 2.05) is 6.92 Å². The number of nitrogens with one attached hydrogen (secondary N) is 1. The molecule has 0 aliphatic rings. The molecule has 0 aliphatic heterocycles. The molecule has 0 atom stereocenters. The highest BCUT2D eigenvalue weighted by atomic mass is 19.1. The van der Waals surface area contributed by atoms with Crippen molar-refractivity contribution in [3.8, 4) is 0 Å². The Kier molecular flexibility index (Phi) is 3.85. The number of carboxylic acid groups (broad SMARTS) is 1. The molecule has 0 fully saturated rings. The minimum Gasteiger partial charge on any atom is -0.478 e. The van der Waals surface area contributed by atoms with Crippen molar-refractivity contribution in [1.29, 1.82) is 0 Å². The average molecular weight is 209 g/mol. The number of carboxylic acids is 1. The van der Waals surface area contributed by atoms with Crippen molar-refractivity contribution in [3.63, 3.8) is 0 Å². The number of carbonyl (C=O) groups is 1. The number of halogens is 1. The van der Waals surface area contributed by atoms with E-state index in [1.165, 1.54) is 12.1 Å². The molecule has 0 amide bonds. The zero-order valence-electron chi connectivity index (χ0n) is 8.33. The lowest BCUT2D eigenvalue weighted by atomic mass is 10.2. The molecule has 2 N–H and O–H groups in total. The van der Waals surface area contributed by atoms with Gasteiger partial charge in [-0.05, 0) is 24.6 Å². The monoisotopic (exact) mass is 209 g/mol. The van der Waals surface area contributed by atoms with Crippen LogP contribution in [0, 0.1) is 5.82 Å². The highest BCUT2D eigenvalue weighted by Gasteiger charge is 1.99. The van der Waals surface area contributed by atoms with Crippen LogP contribution in [0.2, 0.25) is 0 Å². The normalized spacial score (nSPS) is 11.2.